The minimum Gasteiger partial charge on any atom is -0.452 e. The molecular formula is C19H16F2N4O4. The van der Waals surface area contributed by atoms with Crippen LogP contribution in [0.25, 0.3) is 5.82 Å². The zero-order valence-electron chi connectivity index (χ0n) is 15.2. The third-order valence-electron chi connectivity index (χ3n) is 3.79. The molecule has 0 fully saturated rings. The molecule has 0 atom stereocenters. The summed E-state index contributed by atoms with van der Waals surface area (Å²) in [6, 6.07) is 10.6. The number of hydrogen-bond acceptors (Lipinski definition) is 6. The first-order chi connectivity index (χ1) is 13.9. The summed E-state index contributed by atoms with van der Waals surface area (Å²) in [5.74, 6) is -0.790. The lowest BCUT2D eigenvalue weighted by molar-refractivity contribution is -0.119. The average Bonchev–Trinajstić information content (AvgIpc) is 3.09. The molecule has 3 aromatic rings. The first-order valence-electron chi connectivity index (χ1n) is 8.42. The summed E-state index contributed by atoms with van der Waals surface area (Å²) in [4.78, 5) is 28.4. The van der Waals surface area contributed by atoms with E-state index in [-0.39, 0.29) is 11.3 Å². The van der Waals surface area contributed by atoms with Crippen LogP contribution in [0.4, 0.5) is 14.5 Å². The molecule has 0 bridgehead atoms. The highest BCUT2D eigenvalue weighted by molar-refractivity contribution is 5.95. The van der Waals surface area contributed by atoms with Gasteiger partial charge in [0.1, 0.15) is 11.3 Å². The third-order valence-corrected chi connectivity index (χ3v) is 3.79. The number of alkyl halides is 2. The van der Waals surface area contributed by atoms with Gasteiger partial charge in [-0.1, -0.05) is 6.07 Å². The summed E-state index contributed by atoms with van der Waals surface area (Å²) in [5.41, 5.74) is 1.06. The monoisotopic (exact) mass is 402 g/mol. The van der Waals surface area contributed by atoms with E-state index in [0.29, 0.717) is 17.2 Å². The highest BCUT2D eigenvalue weighted by Gasteiger charge is 2.18. The Kier molecular flexibility index (Phi) is 6.12. The maximum Gasteiger partial charge on any atom is 0.387 e. The summed E-state index contributed by atoms with van der Waals surface area (Å²) in [7, 11) is 0. The second-order valence-electron chi connectivity index (χ2n) is 5.77. The van der Waals surface area contributed by atoms with Crippen LogP contribution >= 0.6 is 0 Å². The van der Waals surface area contributed by atoms with Gasteiger partial charge in [0.05, 0.1) is 11.9 Å². The van der Waals surface area contributed by atoms with Gasteiger partial charge in [-0.15, -0.1) is 0 Å². The largest absolute Gasteiger partial charge is 0.452 e. The van der Waals surface area contributed by atoms with Gasteiger partial charge in [-0.05, 0) is 43.3 Å². The smallest absolute Gasteiger partial charge is 0.387 e. The van der Waals surface area contributed by atoms with E-state index in [1.807, 2.05) is 0 Å². The van der Waals surface area contributed by atoms with Gasteiger partial charge in [0.15, 0.2) is 12.4 Å². The molecule has 0 aliphatic rings. The Balaban J connectivity index is 1.55. The van der Waals surface area contributed by atoms with Gasteiger partial charge in [0.2, 0.25) is 0 Å². The Morgan fingerprint density at radius 1 is 1.17 bits per heavy atom. The zero-order chi connectivity index (χ0) is 20.8. The van der Waals surface area contributed by atoms with Crippen molar-refractivity contribution in [3.8, 4) is 11.6 Å². The van der Waals surface area contributed by atoms with Crippen LogP contribution in [0.5, 0.6) is 5.75 Å². The van der Waals surface area contributed by atoms with E-state index in [9.17, 15) is 18.4 Å². The minimum absolute atomic E-state index is 0.0372. The predicted molar refractivity (Wildman–Crippen MR) is 98.1 cm³/mol. The number of halogens is 2. The van der Waals surface area contributed by atoms with Crippen LogP contribution in [0.15, 0.2) is 54.9 Å². The number of carbonyl (C=O) groups excluding carboxylic acids is 2. The lowest BCUT2D eigenvalue weighted by atomic mass is 10.2. The van der Waals surface area contributed by atoms with E-state index in [1.54, 1.807) is 31.3 Å². The molecule has 1 amide bonds. The Morgan fingerprint density at radius 2 is 1.93 bits per heavy atom. The Bertz CT molecular complexity index is 991. The number of benzene rings is 1. The van der Waals surface area contributed by atoms with Gasteiger partial charge in [0.25, 0.3) is 5.91 Å². The molecule has 10 heteroatoms. The Morgan fingerprint density at radius 3 is 2.59 bits per heavy atom. The quantitative estimate of drug-likeness (QED) is 0.611. The first kappa shape index (κ1) is 19.9. The van der Waals surface area contributed by atoms with Crippen LogP contribution < -0.4 is 10.1 Å². The molecule has 1 aromatic carbocycles. The van der Waals surface area contributed by atoms with E-state index in [4.69, 9.17) is 4.74 Å². The summed E-state index contributed by atoms with van der Waals surface area (Å²) in [6.07, 6.45) is 2.94. The summed E-state index contributed by atoms with van der Waals surface area (Å²) in [5, 5.41) is 6.60. The summed E-state index contributed by atoms with van der Waals surface area (Å²) in [6.45, 7) is -1.77. The molecule has 0 unspecified atom stereocenters. The molecule has 8 nitrogen and oxygen atoms in total. The van der Waals surface area contributed by atoms with Crippen LogP contribution in [0, 0.1) is 6.92 Å². The molecule has 1 N–H and O–H groups in total. The predicted octanol–water partition coefficient (Wildman–Crippen LogP) is 2.97. The molecule has 0 saturated carbocycles. The van der Waals surface area contributed by atoms with Gasteiger partial charge < -0.3 is 14.8 Å². The van der Waals surface area contributed by atoms with E-state index in [0.717, 1.165) is 0 Å². The normalized spacial score (nSPS) is 10.6. The fourth-order valence-electron chi connectivity index (χ4n) is 2.45. The van der Waals surface area contributed by atoms with Crippen molar-refractivity contribution in [2.75, 3.05) is 11.9 Å². The number of amides is 1. The molecule has 0 aliphatic heterocycles. The molecule has 2 heterocycles. The second kappa shape index (κ2) is 8.91. The van der Waals surface area contributed by atoms with Crippen LogP contribution in [0.1, 0.15) is 16.1 Å². The van der Waals surface area contributed by atoms with Crippen molar-refractivity contribution in [2.24, 2.45) is 0 Å². The number of aromatic nitrogens is 3. The fraction of sp³-hybridized carbons (Fsp3) is 0.158. The molecular weight excluding hydrogens is 386 g/mol. The van der Waals surface area contributed by atoms with Crippen molar-refractivity contribution in [1.29, 1.82) is 0 Å². The number of pyridine rings is 1. The molecule has 0 spiro atoms. The number of nitrogens with zero attached hydrogens (tertiary/aromatic N) is 3. The van der Waals surface area contributed by atoms with Crippen molar-refractivity contribution in [3.63, 3.8) is 0 Å². The van der Waals surface area contributed by atoms with Crippen LogP contribution in [-0.4, -0.2) is 39.9 Å². The van der Waals surface area contributed by atoms with E-state index >= 15 is 0 Å². The lowest BCUT2D eigenvalue weighted by Gasteiger charge is -2.08. The van der Waals surface area contributed by atoms with Crippen molar-refractivity contribution < 1.29 is 27.8 Å². The number of rotatable bonds is 7. The van der Waals surface area contributed by atoms with E-state index < -0.39 is 25.1 Å². The number of ether oxygens (including phenoxy) is 2. The van der Waals surface area contributed by atoms with E-state index in [2.05, 4.69) is 20.1 Å². The topological polar surface area (TPSA) is 95.3 Å². The Hall–Kier alpha value is -3.82. The molecule has 3 rings (SSSR count). The van der Waals surface area contributed by atoms with Crippen molar-refractivity contribution in [1.82, 2.24) is 14.8 Å². The standard InChI is InChI=1S/C19H16F2N4O4/c1-12-15(10-23-25(12)16-4-2-3-9-22-16)18(27)28-11-17(26)24-13-5-7-14(8-6-13)29-19(20)21/h2-10,19H,11H2,1H3,(H,24,26). The number of esters is 1. The number of hydrogen-bond donors (Lipinski definition) is 1. The maximum absolute atomic E-state index is 12.3. The molecule has 150 valence electrons. The molecule has 0 radical (unpaired) electrons. The number of nitrogens with one attached hydrogen (secondary N) is 1. The third kappa shape index (κ3) is 5.12. The van der Waals surface area contributed by atoms with Crippen LogP contribution in [0.2, 0.25) is 0 Å². The summed E-state index contributed by atoms with van der Waals surface area (Å²) < 4.78 is 35.0. The van der Waals surface area contributed by atoms with Gasteiger partial charge in [-0.2, -0.15) is 13.9 Å². The maximum atomic E-state index is 12.3. The zero-order valence-corrected chi connectivity index (χ0v) is 15.2. The molecule has 2 aromatic heterocycles. The summed E-state index contributed by atoms with van der Waals surface area (Å²) >= 11 is 0. The van der Waals surface area contributed by atoms with Gasteiger partial charge >= 0.3 is 12.6 Å². The van der Waals surface area contributed by atoms with Gasteiger partial charge in [-0.3, -0.25) is 4.79 Å². The van der Waals surface area contributed by atoms with Crippen LogP contribution in [-0.2, 0) is 9.53 Å². The Labute approximate surface area is 164 Å². The van der Waals surface area contributed by atoms with E-state index in [1.165, 1.54) is 35.1 Å². The number of carbonyl (C=O) groups is 2. The fourth-order valence-corrected chi connectivity index (χ4v) is 2.45. The van der Waals surface area contributed by atoms with Crippen molar-refractivity contribution in [2.45, 2.75) is 13.5 Å². The molecule has 0 saturated heterocycles. The number of anilines is 1. The average molecular weight is 402 g/mol. The highest BCUT2D eigenvalue weighted by atomic mass is 19.3. The second-order valence-corrected chi connectivity index (χ2v) is 5.77. The molecule has 0 aliphatic carbocycles. The highest BCUT2D eigenvalue weighted by Crippen LogP contribution is 2.18. The minimum atomic E-state index is -2.93. The lowest BCUT2D eigenvalue weighted by Crippen LogP contribution is -2.21. The van der Waals surface area contributed by atoms with Crippen LogP contribution in [0.3, 0.4) is 0 Å². The van der Waals surface area contributed by atoms with Crippen molar-refractivity contribution >= 4 is 17.6 Å². The SMILES string of the molecule is Cc1c(C(=O)OCC(=O)Nc2ccc(OC(F)F)cc2)cnn1-c1ccccn1. The first-order valence-corrected chi connectivity index (χ1v) is 8.42. The van der Waals surface area contributed by atoms with Gasteiger partial charge in [-0.25, -0.2) is 14.5 Å². The van der Waals surface area contributed by atoms with Crippen molar-refractivity contribution in [3.05, 3.63) is 66.1 Å². The van der Waals surface area contributed by atoms with Gasteiger partial charge in [0, 0.05) is 11.9 Å². The molecule has 29 heavy (non-hydrogen) atoms.